The molecule has 0 amide bonds. The van der Waals surface area contributed by atoms with Gasteiger partial charge < -0.3 is 5.73 Å². The van der Waals surface area contributed by atoms with Crippen molar-refractivity contribution in [1.82, 2.24) is 0 Å². The zero-order valence-electron chi connectivity index (χ0n) is 7.47. The zero-order valence-corrected chi connectivity index (χ0v) is 7.47. The Hall–Kier alpha value is -0.0400. The maximum absolute atomic E-state index is 6.33. The van der Waals surface area contributed by atoms with E-state index in [0.29, 0.717) is 0 Å². The van der Waals surface area contributed by atoms with E-state index in [4.69, 9.17) is 5.73 Å². The summed E-state index contributed by atoms with van der Waals surface area (Å²) in [5.41, 5.74) is 6.61. The Morgan fingerprint density at radius 3 is 2.82 bits per heavy atom. The van der Waals surface area contributed by atoms with E-state index in [1.54, 1.807) is 0 Å². The Labute approximate surface area is 69.4 Å². The van der Waals surface area contributed by atoms with E-state index in [-0.39, 0.29) is 5.54 Å². The van der Waals surface area contributed by atoms with Crippen LogP contribution >= 0.6 is 0 Å². The van der Waals surface area contributed by atoms with Crippen molar-refractivity contribution >= 4 is 0 Å². The molecule has 1 nitrogen and oxygen atoms in total. The molecule has 0 heterocycles. The van der Waals surface area contributed by atoms with Crippen LogP contribution in [0.3, 0.4) is 0 Å². The number of rotatable bonds is 2. The third-order valence-corrected chi connectivity index (χ3v) is 3.75. The standard InChI is InChI=1S/C10H19N/c1-2-3-9-6-8-4-5-10(9,11)7-8/h8-9H,2-7,11H2,1H3. The molecule has 0 aromatic heterocycles. The Bertz CT molecular complexity index is 155. The molecule has 2 saturated carbocycles. The summed E-state index contributed by atoms with van der Waals surface area (Å²) in [5, 5.41) is 0. The van der Waals surface area contributed by atoms with Gasteiger partial charge in [0.2, 0.25) is 0 Å². The summed E-state index contributed by atoms with van der Waals surface area (Å²) in [6.07, 6.45) is 8.17. The van der Waals surface area contributed by atoms with Crippen LogP contribution in [0.1, 0.15) is 45.4 Å². The van der Waals surface area contributed by atoms with E-state index in [0.717, 1.165) is 11.8 Å². The SMILES string of the molecule is CCCC1CC2CCC1(N)C2. The van der Waals surface area contributed by atoms with Crippen LogP contribution in [0, 0.1) is 11.8 Å². The fraction of sp³-hybridized carbons (Fsp3) is 1.00. The molecule has 0 aliphatic heterocycles. The van der Waals surface area contributed by atoms with Crippen molar-refractivity contribution in [3.63, 3.8) is 0 Å². The van der Waals surface area contributed by atoms with Crippen molar-refractivity contribution in [3.8, 4) is 0 Å². The molecule has 2 aliphatic rings. The maximum Gasteiger partial charge on any atom is 0.0185 e. The van der Waals surface area contributed by atoms with Crippen molar-refractivity contribution in [2.24, 2.45) is 17.6 Å². The van der Waals surface area contributed by atoms with Gasteiger partial charge in [0.1, 0.15) is 0 Å². The van der Waals surface area contributed by atoms with Crippen LogP contribution in [0.2, 0.25) is 0 Å². The predicted molar refractivity (Wildman–Crippen MR) is 47.3 cm³/mol. The molecule has 2 aliphatic carbocycles. The summed E-state index contributed by atoms with van der Waals surface area (Å²) < 4.78 is 0. The summed E-state index contributed by atoms with van der Waals surface area (Å²) in [6, 6.07) is 0. The van der Waals surface area contributed by atoms with Gasteiger partial charge in [0.25, 0.3) is 0 Å². The third kappa shape index (κ3) is 1.10. The van der Waals surface area contributed by atoms with Gasteiger partial charge in [-0.3, -0.25) is 0 Å². The van der Waals surface area contributed by atoms with Gasteiger partial charge in [-0.05, 0) is 43.9 Å². The second kappa shape index (κ2) is 2.48. The lowest BCUT2D eigenvalue weighted by atomic mass is 9.80. The first-order valence-electron chi connectivity index (χ1n) is 5.03. The topological polar surface area (TPSA) is 26.0 Å². The van der Waals surface area contributed by atoms with Crippen molar-refractivity contribution in [2.75, 3.05) is 0 Å². The predicted octanol–water partition coefficient (Wildman–Crippen LogP) is 2.30. The number of fused-ring (bicyclic) bond motifs is 2. The van der Waals surface area contributed by atoms with E-state index in [9.17, 15) is 0 Å². The number of nitrogens with two attached hydrogens (primary N) is 1. The molecule has 1 heteroatoms. The highest BCUT2D eigenvalue weighted by Gasteiger charge is 2.48. The van der Waals surface area contributed by atoms with Crippen LogP contribution in [0.15, 0.2) is 0 Å². The minimum absolute atomic E-state index is 0.278. The van der Waals surface area contributed by atoms with Crippen LogP contribution < -0.4 is 5.73 Å². The second-order valence-electron chi connectivity index (χ2n) is 4.56. The Morgan fingerprint density at radius 1 is 1.55 bits per heavy atom. The van der Waals surface area contributed by atoms with E-state index in [1.807, 2.05) is 0 Å². The monoisotopic (exact) mass is 153 g/mol. The van der Waals surface area contributed by atoms with Crippen molar-refractivity contribution in [1.29, 1.82) is 0 Å². The smallest absolute Gasteiger partial charge is 0.0185 e. The number of hydrogen-bond donors (Lipinski definition) is 1. The van der Waals surface area contributed by atoms with Crippen molar-refractivity contribution in [3.05, 3.63) is 0 Å². The zero-order chi connectivity index (χ0) is 7.90. The molecule has 0 radical (unpaired) electrons. The first kappa shape index (κ1) is 7.60. The van der Waals surface area contributed by atoms with Gasteiger partial charge in [-0.1, -0.05) is 13.3 Å². The van der Waals surface area contributed by atoms with E-state index < -0.39 is 0 Å². The fourth-order valence-electron chi connectivity index (χ4n) is 3.18. The molecule has 0 spiro atoms. The van der Waals surface area contributed by atoms with E-state index in [2.05, 4.69) is 6.92 Å². The molecule has 3 unspecified atom stereocenters. The fourth-order valence-corrected chi connectivity index (χ4v) is 3.18. The normalized spacial score (nSPS) is 48.5. The van der Waals surface area contributed by atoms with Crippen molar-refractivity contribution in [2.45, 2.75) is 51.0 Å². The maximum atomic E-state index is 6.33. The minimum Gasteiger partial charge on any atom is -0.325 e. The highest BCUT2D eigenvalue weighted by molar-refractivity contribution is 5.05. The van der Waals surface area contributed by atoms with Gasteiger partial charge in [0.15, 0.2) is 0 Å². The van der Waals surface area contributed by atoms with Gasteiger partial charge in [0, 0.05) is 5.54 Å². The molecule has 0 aromatic carbocycles. The highest BCUT2D eigenvalue weighted by atomic mass is 14.8. The quantitative estimate of drug-likeness (QED) is 0.647. The first-order chi connectivity index (χ1) is 5.24. The molecular formula is C10H19N. The molecule has 0 aromatic rings. The van der Waals surface area contributed by atoms with Crippen LogP contribution in [0.5, 0.6) is 0 Å². The van der Waals surface area contributed by atoms with Crippen LogP contribution in [-0.4, -0.2) is 5.54 Å². The second-order valence-corrected chi connectivity index (χ2v) is 4.56. The average Bonchev–Trinajstić information content (AvgIpc) is 2.44. The molecule has 2 fully saturated rings. The average molecular weight is 153 g/mol. The molecule has 2 bridgehead atoms. The molecule has 2 N–H and O–H groups in total. The van der Waals surface area contributed by atoms with E-state index >= 15 is 0 Å². The summed E-state index contributed by atoms with van der Waals surface area (Å²) in [6.45, 7) is 2.27. The summed E-state index contributed by atoms with van der Waals surface area (Å²) >= 11 is 0. The summed E-state index contributed by atoms with van der Waals surface area (Å²) in [5.74, 6) is 1.86. The van der Waals surface area contributed by atoms with Crippen LogP contribution in [0.4, 0.5) is 0 Å². The Morgan fingerprint density at radius 2 is 2.36 bits per heavy atom. The molecule has 3 atom stereocenters. The van der Waals surface area contributed by atoms with Gasteiger partial charge in [-0.2, -0.15) is 0 Å². The molecule has 2 rings (SSSR count). The molecule has 11 heavy (non-hydrogen) atoms. The Kier molecular flexibility index (Phi) is 1.71. The summed E-state index contributed by atoms with van der Waals surface area (Å²) in [7, 11) is 0. The van der Waals surface area contributed by atoms with Gasteiger partial charge in [-0.25, -0.2) is 0 Å². The van der Waals surface area contributed by atoms with E-state index in [1.165, 1.54) is 38.5 Å². The van der Waals surface area contributed by atoms with Crippen molar-refractivity contribution < 1.29 is 0 Å². The minimum atomic E-state index is 0.278. The van der Waals surface area contributed by atoms with Gasteiger partial charge in [0.05, 0.1) is 0 Å². The lowest BCUT2D eigenvalue weighted by Gasteiger charge is -2.30. The Balaban J connectivity index is 2.03. The van der Waals surface area contributed by atoms with Gasteiger partial charge in [-0.15, -0.1) is 0 Å². The largest absolute Gasteiger partial charge is 0.325 e. The molecule has 0 saturated heterocycles. The molecule has 64 valence electrons. The van der Waals surface area contributed by atoms with Gasteiger partial charge >= 0.3 is 0 Å². The van der Waals surface area contributed by atoms with Crippen LogP contribution in [-0.2, 0) is 0 Å². The number of hydrogen-bond acceptors (Lipinski definition) is 1. The lowest BCUT2D eigenvalue weighted by molar-refractivity contribution is 0.266. The third-order valence-electron chi connectivity index (χ3n) is 3.75. The van der Waals surface area contributed by atoms with Crippen LogP contribution in [0.25, 0.3) is 0 Å². The summed E-state index contributed by atoms with van der Waals surface area (Å²) in [4.78, 5) is 0. The lowest BCUT2D eigenvalue weighted by Crippen LogP contribution is -2.42. The first-order valence-corrected chi connectivity index (χ1v) is 5.03. The molecular weight excluding hydrogens is 134 g/mol. The highest BCUT2D eigenvalue weighted by Crippen LogP contribution is 2.51.